The van der Waals surface area contributed by atoms with Crippen molar-refractivity contribution in [3.63, 3.8) is 0 Å². The number of benzene rings is 2. The van der Waals surface area contributed by atoms with Gasteiger partial charge in [-0.2, -0.15) is 8.42 Å². The maximum absolute atomic E-state index is 13.2. The highest BCUT2D eigenvalue weighted by molar-refractivity contribution is 7.91. The lowest BCUT2D eigenvalue weighted by atomic mass is 10.2. The molecule has 2 aromatic rings. The summed E-state index contributed by atoms with van der Waals surface area (Å²) < 4.78 is 34.5. The van der Waals surface area contributed by atoms with Gasteiger partial charge in [0.2, 0.25) is 5.88 Å². The highest BCUT2D eigenvalue weighted by Crippen LogP contribution is 2.37. The lowest BCUT2D eigenvalue weighted by Crippen LogP contribution is -2.37. The van der Waals surface area contributed by atoms with Crippen LogP contribution in [-0.2, 0) is 16.8 Å². The molecule has 1 aliphatic heterocycles. The molecule has 0 bridgehead atoms. The van der Waals surface area contributed by atoms with Crippen molar-refractivity contribution in [2.24, 2.45) is 0 Å². The Morgan fingerprint density at radius 3 is 2.47 bits per heavy atom. The summed E-state index contributed by atoms with van der Waals surface area (Å²) in [4.78, 5) is 0. The molecule has 3 rings (SSSR count). The summed E-state index contributed by atoms with van der Waals surface area (Å²) in [6, 6.07) is 15.6. The van der Waals surface area contributed by atoms with Crippen molar-refractivity contribution in [1.29, 1.82) is 0 Å². The van der Waals surface area contributed by atoms with Gasteiger partial charge in [-0.05, 0) is 29.3 Å². The van der Waals surface area contributed by atoms with Crippen LogP contribution in [-0.4, -0.2) is 32.4 Å². The number of aliphatic hydroxyl groups is 1. The SMILES string of the molecule is C=Cc1ccc(N2C=C(O)N(CC[Si](C)(C)C)S2(=O)=O)c(OCc2ccccc2)c1. The van der Waals surface area contributed by atoms with E-state index in [2.05, 4.69) is 26.2 Å². The van der Waals surface area contributed by atoms with Gasteiger partial charge in [0.1, 0.15) is 18.0 Å². The summed E-state index contributed by atoms with van der Waals surface area (Å²) in [5.41, 5.74) is 2.12. The van der Waals surface area contributed by atoms with Crippen LogP contribution in [0.1, 0.15) is 11.1 Å². The molecule has 0 aliphatic carbocycles. The maximum atomic E-state index is 13.2. The van der Waals surface area contributed by atoms with Gasteiger partial charge < -0.3 is 9.84 Å². The average molecular weight is 445 g/mol. The average Bonchev–Trinajstić information content (AvgIpc) is 2.92. The van der Waals surface area contributed by atoms with E-state index in [1.54, 1.807) is 24.3 Å². The first-order chi connectivity index (χ1) is 14.1. The minimum absolute atomic E-state index is 0.252. The Morgan fingerprint density at radius 2 is 1.83 bits per heavy atom. The molecule has 0 amide bonds. The van der Waals surface area contributed by atoms with Crippen LogP contribution >= 0.6 is 0 Å². The van der Waals surface area contributed by atoms with Crippen molar-refractivity contribution < 1.29 is 18.3 Å². The van der Waals surface area contributed by atoms with Crippen LogP contribution in [0.4, 0.5) is 5.69 Å². The third-order valence-electron chi connectivity index (χ3n) is 4.77. The van der Waals surface area contributed by atoms with Gasteiger partial charge in [-0.3, -0.25) is 0 Å². The molecule has 1 heterocycles. The highest BCUT2D eigenvalue weighted by Gasteiger charge is 2.39. The summed E-state index contributed by atoms with van der Waals surface area (Å²) in [6.45, 7) is 10.8. The summed E-state index contributed by atoms with van der Waals surface area (Å²) in [5.74, 6) is 0.117. The molecule has 0 saturated heterocycles. The van der Waals surface area contributed by atoms with Gasteiger partial charge >= 0.3 is 10.2 Å². The molecule has 30 heavy (non-hydrogen) atoms. The Balaban J connectivity index is 1.91. The van der Waals surface area contributed by atoms with Crippen LogP contribution in [0.2, 0.25) is 25.7 Å². The van der Waals surface area contributed by atoms with E-state index in [1.165, 1.54) is 6.20 Å². The monoisotopic (exact) mass is 444 g/mol. The van der Waals surface area contributed by atoms with Gasteiger partial charge in [0.15, 0.2) is 0 Å². The smallest absolute Gasteiger partial charge is 0.332 e. The zero-order chi connectivity index (χ0) is 21.9. The van der Waals surface area contributed by atoms with Gasteiger partial charge in [0.25, 0.3) is 0 Å². The Morgan fingerprint density at radius 1 is 1.13 bits per heavy atom. The second-order valence-corrected chi connectivity index (χ2v) is 15.7. The molecule has 0 saturated carbocycles. The minimum atomic E-state index is -3.94. The second-order valence-electron chi connectivity index (χ2n) is 8.38. The van der Waals surface area contributed by atoms with Crippen molar-refractivity contribution in [2.45, 2.75) is 32.3 Å². The summed E-state index contributed by atoms with van der Waals surface area (Å²) in [5, 5.41) is 10.4. The van der Waals surface area contributed by atoms with E-state index in [0.29, 0.717) is 11.4 Å². The van der Waals surface area contributed by atoms with E-state index in [4.69, 9.17) is 4.74 Å². The molecule has 6 nitrogen and oxygen atoms in total. The molecule has 0 unspecified atom stereocenters. The Labute approximate surface area is 179 Å². The molecule has 0 atom stereocenters. The first-order valence-corrected chi connectivity index (χ1v) is 14.9. The quantitative estimate of drug-likeness (QED) is 0.584. The first kappa shape index (κ1) is 22.0. The predicted molar refractivity (Wildman–Crippen MR) is 124 cm³/mol. The number of anilines is 1. The normalized spacial score (nSPS) is 15.8. The number of ether oxygens (including phenoxy) is 1. The van der Waals surface area contributed by atoms with Crippen molar-refractivity contribution in [2.75, 3.05) is 10.8 Å². The zero-order valence-corrected chi connectivity index (χ0v) is 19.4. The maximum Gasteiger partial charge on any atom is 0.332 e. The van der Waals surface area contributed by atoms with Crippen LogP contribution in [0.3, 0.4) is 0 Å². The standard InChI is InChI=1S/C22H28N2O4SSi/c1-5-18-11-12-20(21(15-18)28-17-19-9-7-6-8-10-19)24-16-22(25)23(29(24,26)27)13-14-30(2,3)4/h5-12,15-16,25H,1,13-14,17H2,2-4H3. The molecule has 0 radical (unpaired) electrons. The largest absolute Gasteiger partial charge is 0.493 e. The van der Waals surface area contributed by atoms with E-state index in [9.17, 15) is 13.5 Å². The second kappa shape index (κ2) is 8.57. The van der Waals surface area contributed by atoms with E-state index < -0.39 is 18.3 Å². The topological polar surface area (TPSA) is 70.1 Å². The number of aliphatic hydroxyl groups excluding tert-OH is 1. The van der Waals surface area contributed by atoms with Crippen molar-refractivity contribution >= 4 is 30.0 Å². The fraction of sp³-hybridized carbons (Fsp3) is 0.273. The fourth-order valence-electron chi connectivity index (χ4n) is 3.01. The van der Waals surface area contributed by atoms with Gasteiger partial charge in [0.05, 0.1) is 6.20 Å². The summed E-state index contributed by atoms with van der Waals surface area (Å²) in [7, 11) is -5.43. The third kappa shape index (κ3) is 4.88. The minimum Gasteiger partial charge on any atom is -0.493 e. The highest BCUT2D eigenvalue weighted by atomic mass is 32.2. The lowest BCUT2D eigenvalue weighted by Gasteiger charge is -2.25. The third-order valence-corrected chi connectivity index (χ3v) is 8.22. The van der Waals surface area contributed by atoms with E-state index >= 15 is 0 Å². The zero-order valence-electron chi connectivity index (χ0n) is 17.6. The van der Waals surface area contributed by atoms with E-state index in [0.717, 1.165) is 25.8 Å². The molecule has 1 N–H and O–H groups in total. The van der Waals surface area contributed by atoms with Gasteiger partial charge in [0, 0.05) is 14.6 Å². The van der Waals surface area contributed by atoms with Crippen LogP contribution < -0.4 is 9.04 Å². The Kier molecular flexibility index (Phi) is 6.28. The molecular formula is C22H28N2O4SSi. The van der Waals surface area contributed by atoms with Crippen LogP contribution in [0.5, 0.6) is 5.75 Å². The van der Waals surface area contributed by atoms with Gasteiger partial charge in [-0.15, -0.1) is 0 Å². The Bertz CT molecular complexity index is 1050. The van der Waals surface area contributed by atoms with E-state index in [-0.39, 0.29) is 19.0 Å². The summed E-state index contributed by atoms with van der Waals surface area (Å²) >= 11 is 0. The molecule has 160 valence electrons. The van der Waals surface area contributed by atoms with Crippen molar-refractivity contribution in [3.8, 4) is 5.75 Å². The van der Waals surface area contributed by atoms with Crippen LogP contribution in [0, 0.1) is 0 Å². The van der Waals surface area contributed by atoms with E-state index in [1.807, 2.05) is 30.3 Å². The van der Waals surface area contributed by atoms with Crippen LogP contribution in [0.25, 0.3) is 6.08 Å². The lowest BCUT2D eigenvalue weighted by molar-refractivity contribution is 0.294. The molecule has 1 aliphatic rings. The van der Waals surface area contributed by atoms with Gasteiger partial charge in [-0.25, -0.2) is 8.61 Å². The van der Waals surface area contributed by atoms with Crippen LogP contribution in [0.15, 0.2) is 67.2 Å². The van der Waals surface area contributed by atoms with Crippen molar-refractivity contribution in [1.82, 2.24) is 4.31 Å². The molecule has 8 heteroatoms. The first-order valence-electron chi connectivity index (χ1n) is 9.78. The molecule has 2 aromatic carbocycles. The molecule has 0 aromatic heterocycles. The molecule has 0 fully saturated rings. The summed E-state index contributed by atoms with van der Waals surface area (Å²) in [6.07, 6.45) is 2.91. The molecular weight excluding hydrogens is 416 g/mol. The number of rotatable bonds is 8. The number of hydrogen-bond acceptors (Lipinski definition) is 4. The Hall–Kier alpha value is -2.71. The number of hydrogen-bond donors (Lipinski definition) is 1. The fourth-order valence-corrected chi connectivity index (χ4v) is 5.51. The predicted octanol–water partition coefficient (Wildman–Crippen LogP) is 4.97. The number of nitrogens with zero attached hydrogens (tertiary/aromatic N) is 2. The molecule has 0 spiro atoms. The van der Waals surface area contributed by atoms with Gasteiger partial charge in [-0.1, -0.05) is 68.7 Å². The van der Waals surface area contributed by atoms with Crippen molar-refractivity contribution in [3.05, 3.63) is 78.3 Å².